The molecule has 0 fully saturated rings. The lowest BCUT2D eigenvalue weighted by Gasteiger charge is -2.25. The third-order valence-electron chi connectivity index (χ3n) is 3.61. The summed E-state index contributed by atoms with van der Waals surface area (Å²) in [5, 5.41) is 5.00. The van der Waals surface area contributed by atoms with Crippen LogP contribution in [-0.4, -0.2) is 99.0 Å². The van der Waals surface area contributed by atoms with Gasteiger partial charge in [0.05, 0.1) is 48.6 Å². The Morgan fingerprint density at radius 3 is 1.38 bits per heavy atom. The molecule has 0 aliphatic carbocycles. The standard InChI is InChI=1S/C17H35N3O10S2/c1-16(2,10-31(23,24)25)18-14(21)6-8-29-12-20(5)13-30-9-7-15(22)19-17(3,4)11-32(26,27)28/h6-13H2,1-5H3,(H,18,21)(H,19,22)(H,23,24,25)(H,26,27,28). The molecule has 190 valence electrons. The van der Waals surface area contributed by atoms with Crippen LogP contribution in [0.2, 0.25) is 0 Å². The molecular weight excluding hydrogens is 470 g/mol. The van der Waals surface area contributed by atoms with Gasteiger partial charge in [0.1, 0.15) is 13.5 Å². The summed E-state index contributed by atoms with van der Waals surface area (Å²) in [5.41, 5.74) is -2.24. The van der Waals surface area contributed by atoms with Gasteiger partial charge in [-0.2, -0.15) is 16.8 Å². The summed E-state index contributed by atoms with van der Waals surface area (Å²) in [6, 6.07) is 0. The average Bonchev–Trinajstić information content (AvgIpc) is 2.49. The number of nitrogens with zero attached hydrogens (tertiary/aromatic N) is 1. The van der Waals surface area contributed by atoms with Crippen molar-refractivity contribution in [3.8, 4) is 0 Å². The third kappa shape index (κ3) is 18.2. The largest absolute Gasteiger partial charge is 0.365 e. The minimum Gasteiger partial charge on any atom is -0.365 e. The van der Waals surface area contributed by atoms with Gasteiger partial charge >= 0.3 is 0 Å². The lowest BCUT2D eigenvalue weighted by Crippen LogP contribution is -2.48. The Labute approximate surface area is 189 Å². The molecule has 32 heavy (non-hydrogen) atoms. The first-order chi connectivity index (χ1) is 14.3. The first-order valence-electron chi connectivity index (χ1n) is 9.67. The van der Waals surface area contributed by atoms with Gasteiger partial charge in [-0.15, -0.1) is 0 Å². The van der Waals surface area contributed by atoms with E-state index in [0.29, 0.717) is 0 Å². The quantitative estimate of drug-likeness (QED) is 0.117. The molecule has 0 saturated heterocycles. The van der Waals surface area contributed by atoms with Crippen LogP contribution in [0.4, 0.5) is 0 Å². The van der Waals surface area contributed by atoms with Gasteiger partial charge in [-0.3, -0.25) is 23.6 Å². The van der Waals surface area contributed by atoms with Gasteiger partial charge in [0.15, 0.2) is 0 Å². The number of amides is 2. The Balaban J connectivity index is 4.00. The van der Waals surface area contributed by atoms with E-state index in [1.807, 2.05) is 0 Å². The molecule has 13 nitrogen and oxygen atoms in total. The van der Waals surface area contributed by atoms with Gasteiger partial charge in [-0.05, 0) is 34.7 Å². The first-order valence-corrected chi connectivity index (χ1v) is 12.9. The summed E-state index contributed by atoms with van der Waals surface area (Å²) in [5.74, 6) is -2.08. The molecule has 15 heteroatoms. The maximum atomic E-state index is 11.8. The Hall–Kier alpha value is -1.36. The molecule has 0 bridgehead atoms. The molecule has 0 aromatic heterocycles. The minimum absolute atomic E-state index is 0.0108. The van der Waals surface area contributed by atoms with E-state index in [-0.39, 0.29) is 39.5 Å². The monoisotopic (exact) mass is 505 g/mol. The van der Waals surface area contributed by atoms with Gasteiger partial charge in [0, 0.05) is 0 Å². The maximum Gasteiger partial charge on any atom is 0.267 e. The summed E-state index contributed by atoms with van der Waals surface area (Å²) in [7, 11) is -6.76. The topological polar surface area (TPSA) is 189 Å². The highest BCUT2D eigenvalue weighted by Crippen LogP contribution is 2.07. The van der Waals surface area contributed by atoms with E-state index in [1.165, 1.54) is 27.7 Å². The molecule has 0 spiro atoms. The van der Waals surface area contributed by atoms with Crippen molar-refractivity contribution in [2.24, 2.45) is 0 Å². The van der Waals surface area contributed by atoms with Crippen LogP contribution in [-0.2, 0) is 39.3 Å². The highest BCUT2D eigenvalue weighted by atomic mass is 32.2. The van der Waals surface area contributed by atoms with Crippen LogP contribution in [0.3, 0.4) is 0 Å². The molecule has 0 unspecified atom stereocenters. The summed E-state index contributed by atoms with van der Waals surface area (Å²) in [6.07, 6.45) is -0.0216. The smallest absolute Gasteiger partial charge is 0.267 e. The Morgan fingerprint density at radius 1 is 0.781 bits per heavy atom. The van der Waals surface area contributed by atoms with E-state index in [0.717, 1.165) is 0 Å². The molecule has 0 aliphatic rings. The second-order valence-electron chi connectivity index (χ2n) is 8.75. The second kappa shape index (κ2) is 12.8. The van der Waals surface area contributed by atoms with E-state index in [4.69, 9.17) is 18.6 Å². The van der Waals surface area contributed by atoms with Gasteiger partial charge < -0.3 is 20.1 Å². The van der Waals surface area contributed by atoms with Crippen LogP contribution < -0.4 is 10.6 Å². The summed E-state index contributed by atoms with van der Waals surface area (Å²) < 4.78 is 72.1. The minimum atomic E-state index is -4.22. The van der Waals surface area contributed by atoms with Crippen molar-refractivity contribution in [3.63, 3.8) is 0 Å². The average molecular weight is 506 g/mol. The van der Waals surface area contributed by atoms with Crippen molar-refractivity contribution in [2.45, 2.75) is 51.6 Å². The first kappa shape index (κ1) is 30.6. The van der Waals surface area contributed by atoms with Crippen LogP contribution in [0.15, 0.2) is 0 Å². The Kier molecular flexibility index (Phi) is 12.2. The normalized spacial score (nSPS) is 13.2. The molecule has 4 N–H and O–H groups in total. The molecule has 2 amide bonds. The number of carbonyl (C=O) groups is 2. The Morgan fingerprint density at radius 2 is 1.09 bits per heavy atom. The van der Waals surface area contributed by atoms with Crippen molar-refractivity contribution in [1.82, 2.24) is 15.5 Å². The molecule has 0 aliphatic heterocycles. The van der Waals surface area contributed by atoms with Crippen molar-refractivity contribution < 1.29 is 45.0 Å². The van der Waals surface area contributed by atoms with Gasteiger partial charge in [-0.1, -0.05) is 0 Å². The van der Waals surface area contributed by atoms with Crippen LogP contribution in [0.5, 0.6) is 0 Å². The molecular formula is C17H35N3O10S2. The third-order valence-corrected chi connectivity index (χ3v) is 5.79. The van der Waals surface area contributed by atoms with Crippen molar-refractivity contribution in [3.05, 3.63) is 0 Å². The molecule has 0 atom stereocenters. The molecule has 0 radical (unpaired) electrons. The van der Waals surface area contributed by atoms with Gasteiger partial charge in [0.25, 0.3) is 20.2 Å². The number of ether oxygens (including phenoxy) is 2. The highest BCUT2D eigenvalue weighted by molar-refractivity contribution is 7.86. The van der Waals surface area contributed by atoms with Crippen LogP contribution in [0.1, 0.15) is 40.5 Å². The van der Waals surface area contributed by atoms with Crippen molar-refractivity contribution in [2.75, 3.05) is 45.2 Å². The zero-order chi connectivity index (χ0) is 25.2. The fraction of sp³-hybridized carbons (Fsp3) is 0.882. The predicted octanol–water partition coefficient (Wildman–Crippen LogP) is -0.788. The van der Waals surface area contributed by atoms with Crippen LogP contribution in [0.25, 0.3) is 0 Å². The van der Waals surface area contributed by atoms with E-state index in [2.05, 4.69) is 10.6 Å². The number of carbonyl (C=O) groups excluding carboxylic acids is 2. The molecule has 0 rings (SSSR count). The Bertz CT molecular complexity index is 758. The van der Waals surface area contributed by atoms with Gasteiger partial charge in [0.2, 0.25) is 11.8 Å². The summed E-state index contributed by atoms with van der Waals surface area (Å²) >= 11 is 0. The maximum absolute atomic E-state index is 11.8. The number of rotatable bonds is 16. The molecule has 0 saturated carbocycles. The molecule has 0 aromatic rings. The van der Waals surface area contributed by atoms with Crippen LogP contribution in [0, 0.1) is 0 Å². The summed E-state index contributed by atoms with van der Waals surface area (Å²) in [6.45, 7) is 6.30. The molecule has 0 heterocycles. The highest BCUT2D eigenvalue weighted by Gasteiger charge is 2.27. The number of hydrogen-bond acceptors (Lipinski definition) is 9. The van der Waals surface area contributed by atoms with E-state index in [9.17, 15) is 26.4 Å². The second-order valence-corrected chi connectivity index (χ2v) is 11.7. The van der Waals surface area contributed by atoms with Crippen molar-refractivity contribution >= 4 is 32.1 Å². The van der Waals surface area contributed by atoms with Crippen LogP contribution >= 0.6 is 0 Å². The van der Waals surface area contributed by atoms with E-state index in [1.54, 1.807) is 11.9 Å². The summed E-state index contributed by atoms with van der Waals surface area (Å²) in [4.78, 5) is 25.3. The van der Waals surface area contributed by atoms with E-state index >= 15 is 0 Å². The predicted molar refractivity (Wildman–Crippen MR) is 116 cm³/mol. The zero-order valence-corrected chi connectivity index (χ0v) is 20.7. The van der Waals surface area contributed by atoms with Gasteiger partial charge in [-0.25, -0.2) is 0 Å². The SMILES string of the molecule is CN(COCCC(=O)NC(C)(C)CS(=O)(=O)O)COCCC(=O)NC(C)(C)CS(=O)(=O)O. The number of hydrogen-bond donors (Lipinski definition) is 4. The zero-order valence-electron chi connectivity index (χ0n) is 19.1. The fourth-order valence-corrected chi connectivity index (χ4v) is 4.64. The van der Waals surface area contributed by atoms with E-state index < -0.39 is 54.6 Å². The van der Waals surface area contributed by atoms with Crippen molar-refractivity contribution in [1.29, 1.82) is 0 Å². The molecule has 0 aromatic carbocycles. The lowest BCUT2D eigenvalue weighted by molar-refractivity contribution is -0.124. The number of nitrogens with one attached hydrogen (secondary N) is 2. The fourth-order valence-electron chi connectivity index (χ4n) is 2.67. The lowest BCUT2D eigenvalue weighted by atomic mass is 10.1.